The maximum absolute atomic E-state index is 5.71. The Morgan fingerprint density at radius 2 is 1.79 bits per heavy atom. The molecule has 0 heterocycles. The van der Waals surface area contributed by atoms with Crippen LogP contribution in [0.4, 0.5) is 0 Å². The molecule has 0 saturated carbocycles. The van der Waals surface area contributed by atoms with Crippen molar-refractivity contribution in [2.45, 2.75) is 44.8 Å². The molecule has 0 aliphatic heterocycles. The van der Waals surface area contributed by atoms with Crippen molar-refractivity contribution in [3.05, 3.63) is 24.3 Å². The fourth-order valence-corrected chi connectivity index (χ4v) is 2.60. The minimum Gasteiger partial charge on any atom is -0.497 e. The molecule has 0 aliphatic carbocycles. The molecule has 0 bridgehead atoms. The van der Waals surface area contributed by atoms with Crippen molar-refractivity contribution in [2.24, 2.45) is 0 Å². The molecule has 0 N–H and O–H groups in total. The standard InChI is InChI=1S/C16H26O2S/c1-14(2)19-12-7-5-4-6-11-18-16-10-8-9-15(13-16)17-3/h8-10,13-14H,4-7,11-12H2,1-3H3. The first kappa shape index (κ1) is 16.2. The van der Waals surface area contributed by atoms with Gasteiger partial charge in [-0.1, -0.05) is 32.8 Å². The van der Waals surface area contributed by atoms with E-state index in [0.717, 1.165) is 29.8 Å². The van der Waals surface area contributed by atoms with Crippen LogP contribution >= 0.6 is 11.8 Å². The zero-order valence-electron chi connectivity index (χ0n) is 12.4. The van der Waals surface area contributed by atoms with Gasteiger partial charge in [0.25, 0.3) is 0 Å². The fraction of sp³-hybridized carbons (Fsp3) is 0.625. The first-order valence-electron chi connectivity index (χ1n) is 7.11. The highest BCUT2D eigenvalue weighted by Gasteiger charge is 1.97. The van der Waals surface area contributed by atoms with Gasteiger partial charge in [0.1, 0.15) is 11.5 Å². The largest absolute Gasteiger partial charge is 0.497 e. The summed E-state index contributed by atoms with van der Waals surface area (Å²) in [5.74, 6) is 3.03. The summed E-state index contributed by atoms with van der Waals surface area (Å²) in [7, 11) is 1.67. The average Bonchev–Trinajstić information content (AvgIpc) is 2.41. The summed E-state index contributed by atoms with van der Waals surface area (Å²) >= 11 is 2.05. The minimum absolute atomic E-state index is 0.761. The highest BCUT2D eigenvalue weighted by molar-refractivity contribution is 7.99. The van der Waals surface area contributed by atoms with Crippen molar-refractivity contribution in [1.82, 2.24) is 0 Å². The molecule has 2 nitrogen and oxygen atoms in total. The normalized spacial score (nSPS) is 10.7. The van der Waals surface area contributed by atoms with Crippen molar-refractivity contribution >= 4 is 11.8 Å². The number of rotatable bonds is 10. The van der Waals surface area contributed by atoms with Gasteiger partial charge in [-0.2, -0.15) is 11.8 Å². The van der Waals surface area contributed by atoms with Crippen LogP contribution in [0.15, 0.2) is 24.3 Å². The Labute approximate surface area is 121 Å². The number of thioether (sulfide) groups is 1. The summed E-state index contributed by atoms with van der Waals surface area (Å²) in [5, 5.41) is 0.761. The Morgan fingerprint density at radius 3 is 2.53 bits per heavy atom. The lowest BCUT2D eigenvalue weighted by Gasteiger charge is -2.08. The Hall–Kier alpha value is -0.830. The molecular weight excluding hydrogens is 256 g/mol. The molecule has 0 radical (unpaired) electrons. The van der Waals surface area contributed by atoms with E-state index in [1.807, 2.05) is 24.3 Å². The summed E-state index contributed by atoms with van der Waals surface area (Å²) in [4.78, 5) is 0. The van der Waals surface area contributed by atoms with Crippen molar-refractivity contribution < 1.29 is 9.47 Å². The van der Waals surface area contributed by atoms with Crippen LogP contribution in [0.1, 0.15) is 39.5 Å². The number of hydrogen-bond acceptors (Lipinski definition) is 3. The summed E-state index contributed by atoms with van der Waals surface area (Å²) in [5.41, 5.74) is 0. The molecule has 0 aromatic heterocycles. The van der Waals surface area contributed by atoms with E-state index in [2.05, 4.69) is 25.6 Å². The van der Waals surface area contributed by atoms with Gasteiger partial charge in [0.2, 0.25) is 0 Å². The summed E-state index contributed by atoms with van der Waals surface area (Å²) in [6.07, 6.45) is 5.01. The highest BCUT2D eigenvalue weighted by Crippen LogP contribution is 2.19. The van der Waals surface area contributed by atoms with Crippen molar-refractivity contribution in [1.29, 1.82) is 0 Å². The Kier molecular flexibility index (Phi) is 8.55. The molecule has 0 aliphatic rings. The average molecular weight is 282 g/mol. The molecule has 0 unspecified atom stereocenters. The second-order valence-electron chi connectivity index (χ2n) is 4.86. The van der Waals surface area contributed by atoms with E-state index < -0.39 is 0 Å². The van der Waals surface area contributed by atoms with Crippen LogP contribution in [0.3, 0.4) is 0 Å². The third kappa shape index (κ3) is 8.04. The van der Waals surface area contributed by atoms with E-state index in [9.17, 15) is 0 Å². The predicted octanol–water partition coefficient (Wildman–Crippen LogP) is 4.78. The number of unbranched alkanes of at least 4 members (excludes halogenated alkanes) is 3. The molecule has 0 saturated heterocycles. The van der Waals surface area contributed by atoms with Gasteiger partial charge in [-0.3, -0.25) is 0 Å². The van der Waals surface area contributed by atoms with Crippen LogP contribution in [0.5, 0.6) is 11.5 Å². The Balaban J connectivity index is 2.01. The van der Waals surface area contributed by atoms with Crippen molar-refractivity contribution in [3.63, 3.8) is 0 Å². The third-order valence-electron chi connectivity index (χ3n) is 2.80. The molecule has 3 heteroatoms. The number of benzene rings is 1. The Morgan fingerprint density at radius 1 is 1.05 bits per heavy atom. The molecule has 1 aromatic rings. The van der Waals surface area contributed by atoms with Gasteiger partial charge in [-0.15, -0.1) is 0 Å². The molecule has 0 spiro atoms. The molecule has 1 aromatic carbocycles. The minimum atomic E-state index is 0.761. The van der Waals surface area contributed by atoms with Gasteiger partial charge < -0.3 is 9.47 Å². The van der Waals surface area contributed by atoms with E-state index in [1.165, 1.54) is 25.0 Å². The Bertz CT molecular complexity index is 339. The molecular formula is C16H26O2S. The van der Waals surface area contributed by atoms with Crippen LogP contribution < -0.4 is 9.47 Å². The van der Waals surface area contributed by atoms with Gasteiger partial charge in [0, 0.05) is 6.07 Å². The smallest absolute Gasteiger partial charge is 0.122 e. The fourth-order valence-electron chi connectivity index (χ4n) is 1.76. The summed E-state index contributed by atoms with van der Waals surface area (Å²) < 4.78 is 10.9. The zero-order chi connectivity index (χ0) is 13.9. The second-order valence-corrected chi connectivity index (χ2v) is 6.55. The topological polar surface area (TPSA) is 18.5 Å². The van der Waals surface area contributed by atoms with Gasteiger partial charge in [0.15, 0.2) is 0 Å². The number of methoxy groups -OCH3 is 1. The summed E-state index contributed by atoms with van der Waals surface area (Å²) in [6, 6.07) is 7.79. The zero-order valence-corrected chi connectivity index (χ0v) is 13.2. The van der Waals surface area contributed by atoms with E-state index in [4.69, 9.17) is 9.47 Å². The van der Waals surface area contributed by atoms with Gasteiger partial charge in [-0.25, -0.2) is 0 Å². The second kappa shape index (κ2) is 10.0. The molecule has 0 fully saturated rings. The number of hydrogen-bond donors (Lipinski definition) is 0. The SMILES string of the molecule is COc1cccc(OCCCCCCSC(C)C)c1. The van der Waals surface area contributed by atoms with Crippen LogP contribution in [0, 0.1) is 0 Å². The summed E-state index contributed by atoms with van der Waals surface area (Å²) in [6.45, 7) is 5.31. The van der Waals surface area contributed by atoms with E-state index in [1.54, 1.807) is 7.11 Å². The number of ether oxygens (including phenoxy) is 2. The van der Waals surface area contributed by atoms with E-state index in [-0.39, 0.29) is 0 Å². The maximum atomic E-state index is 5.71. The maximum Gasteiger partial charge on any atom is 0.122 e. The molecule has 0 amide bonds. The predicted molar refractivity (Wildman–Crippen MR) is 84.6 cm³/mol. The van der Waals surface area contributed by atoms with Crippen LogP contribution in [0.25, 0.3) is 0 Å². The molecule has 0 atom stereocenters. The molecule has 1 rings (SSSR count). The van der Waals surface area contributed by atoms with Gasteiger partial charge in [-0.05, 0) is 36.0 Å². The van der Waals surface area contributed by atoms with Crippen LogP contribution in [-0.4, -0.2) is 24.7 Å². The van der Waals surface area contributed by atoms with Crippen LogP contribution in [0.2, 0.25) is 0 Å². The molecule has 108 valence electrons. The van der Waals surface area contributed by atoms with E-state index >= 15 is 0 Å². The highest BCUT2D eigenvalue weighted by atomic mass is 32.2. The third-order valence-corrected chi connectivity index (χ3v) is 3.99. The van der Waals surface area contributed by atoms with Gasteiger partial charge >= 0.3 is 0 Å². The lowest BCUT2D eigenvalue weighted by atomic mass is 10.2. The van der Waals surface area contributed by atoms with Crippen molar-refractivity contribution in [3.8, 4) is 11.5 Å². The first-order valence-corrected chi connectivity index (χ1v) is 8.15. The first-order chi connectivity index (χ1) is 9.22. The lowest BCUT2D eigenvalue weighted by molar-refractivity contribution is 0.303. The molecule has 19 heavy (non-hydrogen) atoms. The van der Waals surface area contributed by atoms with Gasteiger partial charge in [0.05, 0.1) is 13.7 Å². The quantitative estimate of drug-likeness (QED) is 0.576. The van der Waals surface area contributed by atoms with E-state index in [0.29, 0.717) is 0 Å². The lowest BCUT2D eigenvalue weighted by Crippen LogP contribution is -1.98. The van der Waals surface area contributed by atoms with Crippen LogP contribution in [-0.2, 0) is 0 Å². The monoisotopic (exact) mass is 282 g/mol. The van der Waals surface area contributed by atoms with Crippen molar-refractivity contribution in [2.75, 3.05) is 19.5 Å².